The molecule has 0 aromatic carbocycles. The van der Waals surface area contributed by atoms with Gasteiger partial charge in [0, 0.05) is 17.3 Å². The molecule has 4 N–H and O–H groups in total. The number of nitrogens with two attached hydrogens (primary N) is 2. The standard InChI is InChI=1S/C9H17N3/c1-6(2)12-9(11)7-4-3-5-8(7)10/h6H,3-5,10H2,1-2H3,(H2,11,12). The van der Waals surface area contributed by atoms with Crippen molar-refractivity contribution in [2.45, 2.75) is 39.2 Å². The lowest BCUT2D eigenvalue weighted by Gasteiger charge is -2.04. The minimum absolute atomic E-state index is 0.255. The van der Waals surface area contributed by atoms with Crippen LogP contribution in [0.4, 0.5) is 0 Å². The van der Waals surface area contributed by atoms with Crippen molar-refractivity contribution in [3.05, 3.63) is 11.3 Å². The Morgan fingerprint density at radius 2 is 2.08 bits per heavy atom. The second-order valence-electron chi connectivity index (χ2n) is 3.47. The Hall–Kier alpha value is -0.990. The third-order valence-corrected chi connectivity index (χ3v) is 1.97. The zero-order valence-electron chi connectivity index (χ0n) is 7.80. The molecule has 0 aliphatic heterocycles. The molecule has 0 radical (unpaired) electrons. The summed E-state index contributed by atoms with van der Waals surface area (Å²) in [6, 6.07) is 0.255. The van der Waals surface area contributed by atoms with Crippen LogP contribution in [0, 0.1) is 0 Å². The summed E-state index contributed by atoms with van der Waals surface area (Å²) in [4.78, 5) is 4.27. The predicted octanol–water partition coefficient (Wildman–Crippen LogP) is 1.15. The summed E-state index contributed by atoms with van der Waals surface area (Å²) >= 11 is 0. The second-order valence-corrected chi connectivity index (χ2v) is 3.47. The molecule has 0 aromatic rings. The Morgan fingerprint density at radius 1 is 1.42 bits per heavy atom. The summed E-state index contributed by atoms with van der Waals surface area (Å²) in [6.07, 6.45) is 3.09. The smallest absolute Gasteiger partial charge is 0.123 e. The zero-order valence-corrected chi connectivity index (χ0v) is 7.80. The maximum atomic E-state index is 5.78. The SMILES string of the molecule is CC(C)N=C(N)C1=C(N)CCC1. The van der Waals surface area contributed by atoms with E-state index in [0.717, 1.165) is 30.5 Å². The molecule has 0 bridgehead atoms. The Kier molecular flexibility index (Phi) is 2.74. The molecule has 0 saturated carbocycles. The van der Waals surface area contributed by atoms with Crippen LogP contribution in [-0.2, 0) is 0 Å². The van der Waals surface area contributed by atoms with E-state index in [0.29, 0.717) is 5.84 Å². The largest absolute Gasteiger partial charge is 0.402 e. The van der Waals surface area contributed by atoms with E-state index >= 15 is 0 Å². The molecule has 12 heavy (non-hydrogen) atoms. The number of hydrogen-bond acceptors (Lipinski definition) is 2. The van der Waals surface area contributed by atoms with Crippen LogP contribution in [0.3, 0.4) is 0 Å². The van der Waals surface area contributed by atoms with Crippen LogP contribution in [0.5, 0.6) is 0 Å². The maximum Gasteiger partial charge on any atom is 0.123 e. The first kappa shape index (κ1) is 9.10. The lowest BCUT2D eigenvalue weighted by molar-refractivity contribution is 0.831. The Bertz CT molecular complexity index is 226. The molecule has 0 fully saturated rings. The number of rotatable bonds is 2. The van der Waals surface area contributed by atoms with Crippen molar-refractivity contribution < 1.29 is 0 Å². The summed E-state index contributed by atoms with van der Waals surface area (Å²) in [7, 11) is 0. The summed E-state index contributed by atoms with van der Waals surface area (Å²) in [5, 5.41) is 0. The molecule has 0 heterocycles. The average molecular weight is 167 g/mol. The minimum atomic E-state index is 0.255. The first-order chi connectivity index (χ1) is 5.61. The Labute approximate surface area is 73.5 Å². The normalized spacial score (nSPS) is 19.4. The van der Waals surface area contributed by atoms with Crippen molar-refractivity contribution in [1.29, 1.82) is 0 Å². The highest BCUT2D eigenvalue weighted by molar-refractivity contribution is 5.98. The monoisotopic (exact) mass is 167 g/mol. The van der Waals surface area contributed by atoms with Gasteiger partial charge in [-0.2, -0.15) is 0 Å². The van der Waals surface area contributed by atoms with Crippen LogP contribution in [-0.4, -0.2) is 11.9 Å². The van der Waals surface area contributed by atoms with E-state index in [1.165, 1.54) is 0 Å². The molecule has 3 heteroatoms. The van der Waals surface area contributed by atoms with Crippen LogP contribution in [0.25, 0.3) is 0 Å². The van der Waals surface area contributed by atoms with Crippen molar-refractivity contribution in [1.82, 2.24) is 0 Å². The van der Waals surface area contributed by atoms with E-state index in [1.807, 2.05) is 13.8 Å². The number of allylic oxidation sites excluding steroid dienone is 1. The molecule has 1 aliphatic rings. The average Bonchev–Trinajstić information content (AvgIpc) is 2.33. The fraction of sp³-hybridized carbons (Fsp3) is 0.667. The van der Waals surface area contributed by atoms with E-state index in [4.69, 9.17) is 11.5 Å². The highest BCUT2D eigenvalue weighted by atomic mass is 14.9. The van der Waals surface area contributed by atoms with Crippen molar-refractivity contribution in [3.63, 3.8) is 0 Å². The topological polar surface area (TPSA) is 64.4 Å². The Balaban J connectivity index is 2.76. The van der Waals surface area contributed by atoms with Crippen LogP contribution in [0.1, 0.15) is 33.1 Å². The second kappa shape index (κ2) is 3.61. The molecule has 3 nitrogen and oxygen atoms in total. The van der Waals surface area contributed by atoms with Gasteiger partial charge in [-0.05, 0) is 33.1 Å². The van der Waals surface area contributed by atoms with Gasteiger partial charge in [-0.1, -0.05) is 0 Å². The van der Waals surface area contributed by atoms with Gasteiger partial charge in [-0.25, -0.2) is 0 Å². The fourth-order valence-electron chi connectivity index (χ4n) is 1.42. The summed E-state index contributed by atoms with van der Waals surface area (Å²) in [5.74, 6) is 0.639. The number of hydrogen-bond donors (Lipinski definition) is 2. The van der Waals surface area contributed by atoms with Crippen molar-refractivity contribution in [2.24, 2.45) is 16.5 Å². The lowest BCUT2D eigenvalue weighted by atomic mass is 10.2. The molecule has 68 valence electrons. The molecular formula is C9H17N3. The minimum Gasteiger partial charge on any atom is -0.402 e. The third-order valence-electron chi connectivity index (χ3n) is 1.97. The highest BCUT2D eigenvalue weighted by Crippen LogP contribution is 2.22. The summed E-state index contributed by atoms with van der Waals surface area (Å²) in [6.45, 7) is 4.02. The van der Waals surface area contributed by atoms with Gasteiger partial charge in [0.2, 0.25) is 0 Å². The maximum absolute atomic E-state index is 5.78. The fourth-order valence-corrected chi connectivity index (χ4v) is 1.42. The summed E-state index contributed by atoms with van der Waals surface area (Å²) in [5.41, 5.74) is 13.6. The predicted molar refractivity (Wildman–Crippen MR) is 51.8 cm³/mol. The first-order valence-corrected chi connectivity index (χ1v) is 4.42. The van der Waals surface area contributed by atoms with Crippen LogP contribution < -0.4 is 11.5 Å². The number of aliphatic imine (C=N–C) groups is 1. The van der Waals surface area contributed by atoms with E-state index in [2.05, 4.69) is 4.99 Å². The molecule has 1 rings (SSSR count). The molecule has 0 saturated heterocycles. The van der Waals surface area contributed by atoms with Gasteiger partial charge in [0.1, 0.15) is 5.84 Å². The van der Waals surface area contributed by atoms with Gasteiger partial charge < -0.3 is 11.5 Å². The van der Waals surface area contributed by atoms with Crippen LogP contribution in [0.15, 0.2) is 16.3 Å². The van der Waals surface area contributed by atoms with Crippen LogP contribution >= 0.6 is 0 Å². The lowest BCUT2D eigenvalue weighted by Crippen LogP contribution is -2.18. The molecule has 0 aromatic heterocycles. The van der Waals surface area contributed by atoms with Gasteiger partial charge in [-0.3, -0.25) is 4.99 Å². The molecule has 1 aliphatic carbocycles. The summed E-state index contributed by atoms with van der Waals surface area (Å²) < 4.78 is 0. The van der Waals surface area contributed by atoms with E-state index < -0.39 is 0 Å². The zero-order chi connectivity index (χ0) is 9.14. The van der Waals surface area contributed by atoms with Gasteiger partial charge in [0.25, 0.3) is 0 Å². The molecular weight excluding hydrogens is 150 g/mol. The van der Waals surface area contributed by atoms with Gasteiger partial charge in [0.15, 0.2) is 0 Å². The molecule has 0 atom stereocenters. The highest BCUT2D eigenvalue weighted by Gasteiger charge is 2.14. The van der Waals surface area contributed by atoms with Gasteiger partial charge >= 0.3 is 0 Å². The number of amidine groups is 1. The van der Waals surface area contributed by atoms with Crippen molar-refractivity contribution in [3.8, 4) is 0 Å². The van der Waals surface area contributed by atoms with E-state index in [-0.39, 0.29) is 6.04 Å². The van der Waals surface area contributed by atoms with Crippen molar-refractivity contribution >= 4 is 5.84 Å². The van der Waals surface area contributed by atoms with Crippen LogP contribution in [0.2, 0.25) is 0 Å². The Morgan fingerprint density at radius 3 is 2.50 bits per heavy atom. The first-order valence-electron chi connectivity index (χ1n) is 4.42. The number of nitrogens with zero attached hydrogens (tertiary/aromatic N) is 1. The van der Waals surface area contributed by atoms with E-state index in [9.17, 15) is 0 Å². The molecule has 0 spiro atoms. The molecule has 0 unspecified atom stereocenters. The van der Waals surface area contributed by atoms with Gasteiger partial charge in [-0.15, -0.1) is 0 Å². The van der Waals surface area contributed by atoms with E-state index in [1.54, 1.807) is 0 Å². The van der Waals surface area contributed by atoms with Gasteiger partial charge in [0.05, 0.1) is 0 Å². The third kappa shape index (κ3) is 2.00. The van der Waals surface area contributed by atoms with Crippen molar-refractivity contribution in [2.75, 3.05) is 0 Å². The molecule has 0 amide bonds. The quantitative estimate of drug-likeness (QED) is 0.478.